The maximum atomic E-state index is 8.70. The fourth-order valence-electron chi connectivity index (χ4n) is 0.738. The number of rotatable bonds is 4. The molecular formula is C8H9BrN2. The molecule has 0 heterocycles. The number of hydrogen-bond acceptors (Lipinski definition) is 2. The smallest absolute Gasteiger partial charge is 0.148 e. The van der Waals surface area contributed by atoms with E-state index in [-0.39, 0.29) is 0 Å². The molecule has 0 saturated carbocycles. The number of hydrogen-bond donors (Lipinski definition) is 0. The largest absolute Gasteiger partial charge is 0.197 e. The van der Waals surface area contributed by atoms with Crippen LogP contribution in [-0.2, 0) is 0 Å². The maximum Gasteiger partial charge on any atom is 0.148 e. The third kappa shape index (κ3) is 2.74. The Morgan fingerprint density at radius 3 is 2.27 bits per heavy atom. The van der Waals surface area contributed by atoms with Crippen LogP contribution in [0.5, 0.6) is 0 Å². The summed E-state index contributed by atoms with van der Waals surface area (Å²) in [5.41, 5.74) is -0.870. The van der Waals surface area contributed by atoms with Crippen molar-refractivity contribution in [1.29, 1.82) is 10.5 Å². The molecule has 0 saturated heterocycles. The number of nitriles is 2. The highest BCUT2D eigenvalue weighted by atomic mass is 79.9. The number of allylic oxidation sites excluding steroid dienone is 1. The lowest BCUT2D eigenvalue weighted by atomic mass is 9.85. The van der Waals surface area contributed by atoms with Crippen LogP contribution in [0.1, 0.15) is 12.8 Å². The standard InChI is InChI=1S/C8H9BrN2/c1-2-3-8(6-10,7-11)4-5-9/h2H,1,3-5H2. The first-order valence-electron chi connectivity index (χ1n) is 3.24. The molecule has 0 aromatic heterocycles. The van der Waals surface area contributed by atoms with Gasteiger partial charge in [0.05, 0.1) is 12.1 Å². The second kappa shape index (κ2) is 4.93. The van der Waals surface area contributed by atoms with Gasteiger partial charge in [-0.25, -0.2) is 0 Å². The highest BCUT2D eigenvalue weighted by molar-refractivity contribution is 9.09. The Hall–Kier alpha value is -0.800. The van der Waals surface area contributed by atoms with Gasteiger partial charge in [0.15, 0.2) is 0 Å². The van der Waals surface area contributed by atoms with E-state index in [1.807, 2.05) is 12.1 Å². The van der Waals surface area contributed by atoms with Crippen LogP contribution < -0.4 is 0 Å². The molecule has 0 aliphatic carbocycles. The monoisotopic (exact) mass is 212 g/mol. The highest BCUT2D eigenvalue weighted by Crippen LogP contribution is 2.25. The zero-order valence-electron chi connectivity index (χ0n) is 6.18. The van der Waals surface area contributed by atoms with Gasteiger partial charge in [0.2, 0.25) is 0 Å². The van der Waals surface area contributed by atoms with Crippen LogP contribution in [0, 0.1) is 28.1 Å². The van der Waals surface area contributed by atoms with Gasteiger partial charge >= 0.3 is 0 Å². The Bertz CT molecular complexity index is 195. The molecule has 0 radical (unpaired) electrons. The topological polar surface area (TPSA) is 47.6 Å². The first kappa shape index (κ1) is 10.2. The predicted octanol–water partition coefficient (Wildman–Crippen LogP) is 2.38. The van der Waals surface area contributed by atoms with E-state index in [4.69, 9.17) is 10.5 Å². The molecule has 0 rings (SSSR count). The first-order chi connectivity index (χ1) is 5.24. The fourth-order valence-corrected chi connectivity index (χ4v) is 1.41. The lowest BCUT2D eigenvalue weighted by Crippen LogP contribution is -2.15. The molecular weight excluding hydrogens is 204 g/mol. The maximum absolute atomic E-state index is 8.70. The molecule has 0 aliphatic rings. The van der Waals surface area contributed by atoms with Crippen LogP contribution in [-0.4, -0.2) is 5.33 Å². The highest BCUT2D eigenvalue weighted by Gasteiger charge is 2.27. The van der Waals surface area contributed by atoms with Gasteiger partial charge in [0.25, 0.3) is 0 Å². The number of alkyl halides is 1. The van der Waals surface area contributed by atoms with Gasteiger partial charge in [-0.15, -0.1) is 6.58 Å². The molecule has 0 aliphatic heterocycles. The SMILES string of the molecule is C=CCC(C#N)(C#N)CCBr. The van der Waals surface area contributed by atoms with Crippen molar-refractivity contribution in [3.05, 3.63) is 12.7 Å². The predicted molar refractivity (Wildman–Crippen MR) is 46.9 cm³/mol. The van der Waals surface area contributed by atoms with E-state index in [1.54, 1.807) is 6.08 Å². The second-order valence-electron chi connectivity index (χ2n) is 2.24. The van der Waals surface area contributed by atoms with E-state index in [1.165, 1.54) is 0 Å². The summed E-state index contributed by atoms with van der Waals surface area (Å²) in [5, 5.41) is 18.1. The summed E-state index contributed by atoms with van der Waals surface area (Å²) >= 11 is 3.20. The second-order valence-corrected chi connectivity index (χ2v) is 3.03. The molecule has 0 fully saturated rings. The van der Waals surface area contributed by atoms with Gasteiger partial charge in [-0.1, -0.05) is 22.0 Å². The van der Waals surface area contributed by atoms with Gasteiger partial charge in [0.1, 0.15) is 5.41 Å². The Morgan fingerprint density at radius 2 is 2.00 bits per heavy atom. The van der Waals surface area contributed by atoms with Crippen LogP contribution in [0.3, 0.4) is 0 Å². The van der Waals surface area contributed by atoms with Crippen molar-refractivity contribution in [2.75, 3.05) is 5.33 Å². The quantitative estimate of drug-likeness (QED) is 0.531. The third-order valence-corrected chi connectivity index (χ3v) is 1.84. The Labute approximate surface area is 75.3 Å². The van der Waals surface area contributed by atoms with Crippen molar-refractivity contribution in [2.24, 2.45) is 5.41 Å². The van der Waals surface area contributed by atoms with Crippen LogP contribution >= 0.6 is 15.9 Å². The lowest BCUT2D eigenvalue weighted by Gasteiger charge is -2.13. The van der Waals surface area contributed by atoms with Crippen molar-refractivity contribution < 1.29 is 0 Å². The van der Waals surface area contributed by atoms with E-state index in [2.05, 4.69) is 22.5 Å². The molecule has 11 heavy (non-hydrogen) atoms. The molecule has 3 heteroatoms. The van der Waals surface area contributed by atoms with Crippen molar-refractivity contribution >= 4 is 15.9 Å². The first-order valence-corrected chi connectivity index (χ1v) is 4.36. The molecule has 0 amide bonds. The van der Waals surface area contributed by atoms with Crippen molar-refractivity contribution in [2.45, 2.75) is 12.8 Å². The lowest BCUT2D eigenvalue weighted by molar-refractivity contribution is 0.517. The van der Waals surface area contributed by atoms with Crippen LogP contribution in [0.15, 0.2) is 12.7 Å². The zero-order valence-corrected chi connectivity index (χ0v) is 7.76. The van der Waals surface area contributed by atoms with Crippen LogP contribution in [0.4, 0.5) is 0 Å². The molecule has 58 valence electrons. The average molecular weight is 213 g/mol. The van der Waals surface area contributed by atoms with Crippen molar-refractivity contribution in [1.82, 2.24) is 0 Å². The molecule has 0 aromatic carbocycles. The van der Waals surface area contributed by atoms with Crippen molar-refractivity contribution in [3.8, 4) is 12.1 Å². The number of halogens is 1. The average Bonchev–Trinajstić information content (AvgIpc) is 2.04. The minimum absolute atomic E-state index is 0.436. The van der Waals surface area contributed by atoms with Gasteiger partial charge in [0, 0.05) is 5.33 Å². The summed E-state index contributed by atoms with van der Waals surface area (Å²) < 4.78 is 0. The summed E-state index contributed by atoms with van der Waals surface area (Å²) in [5.74, 6) is 0. The molecule has 0 N–H and O–H groups in total. The van der Waals surface area contributed by atoms with Crippen molar-refractivity contribution in [3.63, 3.8) is 0 Å². The molecule has 0 bridgehead atoms. The molecule has 0 atom stereocenters. The minimum Gasteiger partial charge on any atom is -0.197 e. The summed E-state index contributed by atoms with van der Waals surface area (Å²) in [6.45, 7) is 3.51. The van der Waals surface area contributed by atoms with Crippen LogP contribution in [0.2, 0.25) is 0 Å². The van der Waals surface area contributed by atoms with E-state index < -0.39 is 5.41 Å². The molecule has 0 spiro atoms. The van der Waals surface area contributed by atoms with E-state index in [0.717, 1.165) is 0 Å². The Morgan fingerprint density at radius 1 is 1.45 bits per heavy atom. The normalized spacial score (nSPS) is 9.73. The molecule has 0 unspecified atom stereocenters. The fraction of sp³-hybridized carbons (Fsp3) is 0.500. The summed E-state index contributed by atoms with van der Waals surface area (Å²) in [6.07, 6.45) is 2.59. The summed E-state index contributed by atoms with van der Waals surface area (Å²) in [7, 11) is 0. The third-order valence-electron chi connectivity index (χ3n) is 1.44. The van der Waals surface area contributed by atoms with Gasteiger partial charge in [-0.2, -0.15) is 10.5 Å². The van der Waals surface area contributed by atoms with E-state index in [9.17, 15) is 0 Å². The Balaban J connectivity index is 4.38. The Kier molecular flexibility index (Phi) is 4.57. The van der Waals surface area contributed by atoms with E-state index >= 15 is 0 Å². The molecule has 0 aromatic rings. The number of nitrogens with zero attached hydrogens (tertiary/aromatic N) is 2. The summed E-state index contributed by atoms with van der Waals surface area (Å²) in [6, 6.07) is 4.01. The summed E-state index contributed by atoms with van der Waals surface area (Å²) in [4.78, 5) is 0. The molecule has 2 nitrogen and oxygen atoms in total. The minimum atomic E-state index is -0.870. The van der Waals surface area contributed by atoms with Gasteiger partial charge in [-0.05, 0) is 12.8 Å². The van der Waals surface area contributed by atoms with Gasteiger partial charge in [-0.3, -0.25) is 0 Å². The van der Waals surface area contributed by atoms with Crippen LogP contribution in [0.25, 0.3) is 0 Å². The van der Waals surface area contributed by atoms with Gasteiger partial charge < -0.3 is 0 Å². The zero-order chi connectivity index (χ0) is 8.74. The van der Waals surface area contributed by atoms with E-state index in [0.29, 0.717) is 18.2 Å².